The maximum atomic E-state index is 9.90. The van der Waals surface area contributed by atoms with Crippen molar-refractivity contribution < 1.29 is 14.6 Å². The molecular weight excluding hydrogens is 448 g/mol. The van der Waals surface area contributed by atoms with Gasteiger partial charge in [-0.2, -0.15) is 0 Å². The van der Waals surface area contributed by atoms with E-state index in [1.165, 1.54) is 27.9 Å². The fourth-order valence-electron chi connectivity index (χ4n) is 5.03. The summed E-state index contributed by atoms with van der Waals surface area (Å²) in [5.74, 6) is 2.57. The number of rotatable bonds is 10. The van der Waals surface area contributed by atoms with Crippen molar-refractivity contribution >= 4 is 5.69 Å². The molecule has 0 fully saturated rings. The number of phenolic OH excluding ortho intramolecular Hbond substituents is 1. The second-order valence-electron chi connectivity index (χ2n) is 10.3. The van der Waals surface area contributed by atoms with Gasteiger partial charge in [-0.25, -0.2) is 0 Å². The SMILES string of the molecule is COc1ccc(C2CCc3cc(O)ccc3C2)c(N(Cc2ccc(OCCN(C)C)cc2)C(C)C)c1. The molecule has 0 heterocycles. The molecule has 0 saturated carbocycles. The van der Waals surface area contributed by atoms with Gasteiger partial charge in [0.1, 0.15) is 23.9 Å². The van der Waals surface area contributed by atoms with Gasteiger partial charge in [-0.15, -0.1) is 0 Å². The fourth-order valence-corrected chi connectivity index (χ4v) is 5.03. The van der Waals surface area contributed by atoms with Gasteiger partial charge >= 0.3 is 0 Å². The molecule has 1 aliphatic carbocycles. The number of hydrogen-bond donors (Lipinski definition) is 1. The minimum absolute atomic E-state index is 0.319. The molecule has 1 unspecified atom stereocenters. The Hall–Kier alpha value is -3.18. The molecule has 1 aliphatic rings. The smallest absolute Gasteiger partial charge is 0.120 e. The van der Waals surface area contributed by atoms with Crippen molar-refractivity contribution in [3.05, 3.63) is 82.9 Å². The first-order valence-corrected chi connectivity index (χ1v) is 13.0. The largest absolute Gasteiger partial charge is 0.508 e. The van der Waals surface area contributed by atoms with Crippen molar-refractivity contribution in [2.45, 2.75) is 51.6 Å². The minimum atomic E-state index is 0.319. The van der Waals surface area contributed by atoms with Crippen LogP contribution < -0.4 is 14.4 Å². The van der Waals surface area contributed by atoms with Crippen molar-refractivity contribution in [2.24, 2.45) is 0 Å². The first-order valence-electron chi connectivity index (χ1n) is 13.0. The lowest BCUT2D eigenvalue weighted by Gasteiger charge is -2.35. The van der Waals surface area contributed by atoms with Gasteiger partial charge in [0.2, 0.25) is 0 Å². The van der Waals surface area contributed by atoms with Gasteiger partial charge in [0.15, 0.2) is 0 Å². The number of aryl methyl sites for hydroxylation is 1. The molecule has 0 spiro atoms. The van der Waals surface area contributed by atoms with Crippen molar-refractivity contribution in [1.82, 2.24) is 4.90 Å². The van der Waals surface area contributed by atoms with Crippen LogP contribution in [-0.2, 0) is 19.4 Å². The Morgan fingerprint density at radius 1 is 0.944 bits per heavy atom. The Morgan fingerprint density at radius 2 is 1.69 bits per heavy atom. The standard InChI is InChI=1S/C31H40N2O3/c1-22(2)33(21-23-6-12-28(13-7-23)36-17-16-32(3)4)31-20-29(35-5)14-15-30(31)26-9-8-25-19-27(34)11-10-24(25)18-26/h6-7,10-15,19-20,22,26,34H,8-9,16-18,21H2,1-5H3. The van der Waals surface area contributed by atoms with Crippen LogP contribution in [0.15, 0.2) is 60.7 Å². The predicted molar refractivity (Wildman–Crippen MR) is 148 cm³/mol. The highest BCUT2D eigenvalue weighted by Crippen LogP contribution is 2.40. The number of ether oxygens (including phenoxy) is 2. The topological polar surface area (TPSA) is 45.2 Å². The average molecular weight is 489 g/mol. The number of anilines is 1. The van der Waals surface area contributed by atoms with E-state index in [2.05, 4.69) is 86.3 Å². The monoisotopic (exact) mass is 488 g/mol. The highest BCUT2D eigenvalue weighted by Gasteiger charge is 2.26. The van der Waals surface area contributed by atoms with E-state index in [-0.39, 0.29) is 0 Å². The zero-order valence-corrected chi connectivity index (χ0v) is 22.3. The van der Waals surface area contributed by atoms with E-state index in [0.29, 0.717) is 24.3 Å². The molecule has 0 amide bonds. The fraction of sp³-hybridized carbons (Fsp3) is 0.419. The Labute approximate surface area is 216 Å². The molecule has 5 heteroatoms. The quantitative estimate of drug-likeness (QED) is 0.378. The Bertz CT molecular complexity index is 1140. The number of likely N-dealkylation sites (N-methyl/N-ethyl adjacent to an activating group) is 1. The van der Waals surface area contributed by atoms with Crippen LogP contribution in [0.2, 0.25) is 0 Å². The molecule has 36 heavy (non-hydrogen) atoms. The molecular formula is C31H40N2O3. The molecule has 0 radical (unpaired) electrons. The van der Waals surface area contributed by atoms with E-state index in [9.17, 15) is 5.11 Å². The van der Waals surface area contributed by atoms with Gasteiger partial charge in [0.05, 0.1) is 7.11 Å². The van der Waals surface area contributed by atoms with Gasteiger partial charge in [-0.05, 0) is 106 Å². The van der Waals surface area contributed by atoms with Gasteiger partial charge in [0, 0.05) is 30.9 Å². The molecule has 192 valence electrons. The molecule has 3 aromatic carbocycles. The van der Waals surface area contributed by atoms with E-state index in [0.717, 1.165) is 43.9 Å². The summed E-state index contributed by atoms with van der Waals surface area (Å²) in [4.78, 5) is 4.60. The highest BCUT2D eigenvalue weighted by molar-refractivity contribution is 5.60. The summed E-state index contributed by atoms with van der Waals surface area (Å²) in [6, 6.07) is 21.2. The van der Waals surface area contributed by atoms with E-state index < -0.39 is 0 Å². The average Bonchev–Trinajstić information content (AvgIpc) is 2.87. The molecule has 0 aromatic heterocycles. The Kier molecular flexibility index (Phi) is 8.42. The number of aromatic hydroxyl groups is 1. The minimum Gasteiger partial charge on any atom is -0.508 e. The Morgan fingerprint density at radius 3 is 2.39 bits per heavy atom. The lowest BCUT2D eigenvalue weighted by molar-refractivity contribution is 0.261. The summed E-state index contributed by atoms with van der Waals surface area (Å²) in [6.45, 7) is 6.89. The van der Waals surface area contributed by atoms with Gasteiger partial charge in [0.25, 0.3) is 0 Å². The molecule has 5 nitrogen and oxygen atoms in total. The van der Waals surface area contributed by atoms with Crippen LogP contribution in [0.4, 0.5) is 5.69 Å². The van der Waals surface area contributed by atoms with Crippen LogP contribution in [0.3, 0.4) is 0 Å². The van der Waals surface area contributed by atoms with Crippen molar-refractivity contribution in [2.75, 3.05) is 39.3 Å². The van der Waals surface area contributed by atoms with Gasteiger partial charge in [-0.1, -0.05) is 24.3 Å². The molecule has 0 saturated heterocycles. The maximum absolute atomic E-state index is 9.90. The van der Waals surface area contributed by atoms with Crippen LogP contribution in [0, 0.1) is 0 Å². The van der Waals surface area contributed by atoms with Gasteiger partial charge < -0.3 is 24.4 Å². The first-order chi connectivity index (χ1) is 17.3. The van der Waals surface area contributed by atoms with Crippen molar-refractivity contribution in [3.8, 4) is 17.2 Å². The molecule has 1 N–H and O–H groups in total. The molecule has 0 aliphatic heterocycles. The maximum Gasteiger partial charge on any atom is 0.120 e. The third-order valence-corrected chi connectivity index (χ3v) is 7.11. The third-order valence-electron chi connectivity index (χ3n) is 7.11. The summed E-state index contributed by atoms with van der Waals surface area (Å²) in [5.41, 5.74) is 6.47. The number of phenols is 1. The summed E-state index contributed by atoms with van der Waals surface area (Å²) in [5, 5.41) is 9.90. The zero-order valence-electron chi connectivity index (χ0n) is 22.3. The van der Waals surface area contributed by atoms with E-state index in [4.69, 9.17) is 9.47 Å². The van der Waals surface area contributed by atoms with Crippen LogP contribution in [-0.4, -0.2) is 50.4 Å². The summed E-state index contributed by atoms with van der Waals surface area (Å²) in [6.07, 6.45) is 3.04. The number of benzene rings is 3. The summed E-state index contributed by atoms with van der Waals surface area (Å²) in [7, 11) is 5.84. The lowest BCUT2D eigenvalue weighted by Crippen LogP contribution is -2.31. The van der Waals surface area contributed by atoms with Crippen LogP contribution in [0.1, 0.15) is 48.4 Å². The molecule has 4 rings (SSSR count). The third kappa shape index (κ3) is 6.33. The molecule has 3 aromatic rings. The number of nitrogens with zero attached hydrogens (tertiary/aromatic N) is 2. The van der Waals surface area contributed by atoms with E-state index in [1.807, 2.05) is 12.1 Å². The number of hydrogen-bond acceptors (Lipinski definition) is 5. The lowest BCUT2D eigenvalue weighted by atomic mass is 9.79. The summed E-state index contributed by atoms with van der Waals surface area (Å²) < 4.78 is 11.5. The Balaban J connectivity index is 1.58. The van der Waals surface area contributed by atoms with Crippen molar-refractivity contribution in [1.29, 1.82) is 0 Å². The second-order valence-corrected chi connectivity index (χ2v) is 10.3. The zero-order chi connectivity index (χ0) is 25.7. The molecule has 0 bridgehead atoms. The normalized spacial score (nSPS) is 15.1. The number of fused-ring (bicyclic) bond motifs is 1. The number of methoxy groups -OCH3 is 1. The van der Waals surface area contributed by atoms with Crippen LogP contribution in [0.5, 0.6) is 17.2 Å². The van der Waals surface area contributed by atoms with Crippen LogP contribution in [0.25, 0.3) is 0 Å². The predicted octanol–water partition coefficient (Wildman–Crippen LogP) is 6.03. The molecule has 1 atom stereocenters. The summed E-state index contributed by atoms with van der Waals surface area (Å²) >= 11 is 0. The van der Waals surface area contributed by atoms with Crippen molar-refractivity contribution in [3.63, 3.8) is 0 Å². The first kappa shape index (κ1) is 25.9. The van der Waals surface area contributed by atoms with Crippen LogP contribution >= 0.6 is 0 Å². The van der Waals surface area contributed by atoms with E-state index in [1.54, 1.807) is 7.11 Å². The second kappa shape index (κ2) is 11.7. The van der Waals surface area contributed by atoms with Gasteiger partial charge in [-0.3, -0.25) is 0 Å². The highest BCUT2D eigenvalue weighted by atomic mass is 16.5. The van der Waals surface area contributed by atoms with E-state index >= 15 is 0 Å².